The van der Waals surface area contributed by atoms with E-state index in [-0.39, 0.29) is 11.2 Å². The molecule has 4 rings (SSSR count). The number of nitrogens with zero attached hydrogens (tertiary/aromatic N) is 6. The van der Waals surface area contributed by atoms with E-state index < -0.39 is 11.7 Å². The van der Waals surface area contributed by atoms with Crippen molar-refractivity contribution in [1.29, 1.82) is 0 Å². The molecule has 0 atom stereocenters. The van der Waals surface area contributed by atoms with Crippen molar-refractivity contribution in [3.63, 3.8) is 0 Å². The molecule has 0 saturated heterocycles. The lowest BCUT2D eigenvalue weighted by molar-refractivity contribution is 0.0306. The summed E-state index contributed by atoms with van der Waals surface area (Å²) in [7, 11) is 1.77. The van der Waals surface area contributed by atoms with Gasteiger partial charge in [0.05, 0.1) is 11.9 Å². The standard InChI is InChI=1S/C16H11BrF2N6/c1-24-9-10(8-20-24)13-5-6-14-21-22-15(25(14)23-13)16(18,19)11-3-2-4-12(17)7-11/h2-9H,1H3. The number of halogens is 3. The van der Waals surface area contributed by atoms with Crippen LogP contribution in [0.25, 0.3) is 16.9 Å². The van der Waals surface area contributed by atoms with Gasteiger partial charge >= 0.3 is 5.92 Å². The van der Waals surface area contributed by atoms with E-state index >= 15 is 0 Å². The minimum atomic E-state index is -3.34. The van der Waals surface area contributed by atoms with Gasteiger partial charge in [-0.25, -0.2) is 0 Å². The summed E-state index contributed by atoms with van der Waals surface area (Å²) in [6.07, 6.45) is 3.37. The van der Waals surface area contributed by atoms with Gasteiger partial charge in [-0.3, -0.25) is 4.68 Å². The zero-order chi connectivity index (χ0) is 17.6. The first-order valence-corrected chi connectivity index (χ1v) is 8.10. The van der Waals surface area contributed by atoms with Gasteiger partial charge in [0, 0.05) is 28.8 Å². The number of hydrogen-bond acceptors (Lipinski definition) is 4. The van der Waals surface area contributed by atoms with E-state index in [1.54, 1.807) is 48.4 Å². The molecule has 0 aliphatic carbocycles. The van der Waals surface area contributed by atoms with E-state index in [2.05, 4.69) is 36.3 Å². The van der Waals surface area contributed by atoms with Crippen LogP contribution in [0, 0.1) is 0 Å². The molecule has 1 aromatic carbocycles. The molecule has 0 spiro atoms. The van der Waals surface area contributed by atoms with Crippen LogP contribution in [0.5, 0.6) is 0 Å². The summed E-state index contributed by atoms with van der Waals surface area (Å²) < 4.78 is 33.2. The van der Waals surface area contributed by atoms with Gasteiger partial charge in [0.25, 0.3) is 0 Å². The van der Waals surface area contributed by atoms with Gasteiger partial charge in [0.2, 0.25) is 5.82 Å². The fourth-order valence-electron chi connectivity index (χ4n) is 2.51. The number of fused-ring (bicyclic) bond motifs is 1. The number of alkyl halides is 2. The Kier molecular flexibility index (Phi) is 3.60. The van der Waals surface area contributed by atoms with Gasteiger partial charge in [-0.15, -0.1) is 10.2 Å². The minimum absolute atomic E-state index is 0.190. The maximum atomic E-state index is 15.0. The second-order valence-electron chi connectivity index (χ2n) is 5.50. The average molecular weight is 405 g/mol. The van der Waals surface area contributed by atoms with Gasteiger partial charge < -0.3 is 0 Å². The first-order valence-electron chi connectivity index (χ1n) is 7.31. The van der Waals surface area contributed by atoms with Crippen LogP contribution in [0.2, 0.25) is 0 Å². The van der Waals surface area contributed by atoms with Crippen LogP contribution in [-0.4, -0.2) is 29.6 Å². The van der Waals surface area contributed by atoms with E-state index in [0.717, 1.165) is 10.1 Å². The summed E-state index contributed by atoms with van der Waals surface area (Å²) >= 11 is 3.21. The summed E-state index contributed by atoms with van der Waals surface area (Å²) in [6.45, 7) is 0. The highest BCUT2D eigenvalue weighted by atomic mass is 79.9. The van der Waals surface area contributed by atoms with Crippen molar-refractivity contribution in [3.8, 4) is 11.3 Å². The van der Waals surface area contributed by atoms with Crippen LogP contribution in [-0.2, 0) is 13.0 Å². The van der Waals surface area contributed by atoms with E-state index in [9.17, 15) is 8.78 Å². The molecule has 0 saturated carbocycles. The Morgan fingerprint density at radius 2 is 1.96 bits per heavy atom. The Bertz CT molecular complexity index is 1070. The topological polar surface area (TPSA) is 60.9 Å². The predicted octanol–water partition coefficient (Wildman–Crippen LogP) is 3.43. The molecule has 0 radical (unpaired) electrons. The maximum absolute atomic E-state index is 15.0. The molecule has 0 aliphatic heterocycles. The summed E-state index contributed by atoms with van der Waals surface area (Å²) in [5.74, 6) is -3.88. The Morgan fingerprint density at radius 1 is 1.12 bits per heavy atom. The Morgan fingerprint density at radius 3 is 2.68 bits per heavy atom. The Labute approximate surface area is 149 Å². The third kappa shape index (κ3) is 2.70. The van der Waals surface area contributed by atoms with Gasteiger partial charge in [-0.05, 0) is 24.3 Å². The second-order valence-corrected chi connectivity index (χ2v) is 6.42. The molecule has 3 aromatic heterocycles. The predicted molar refractivity (Wildman–Crippen MR) is 90.1 cm³/mol. The molecule has 3 heterocycles. The van der Waals surface area contributed by atoms with Crippen molar-refractivity contribution >= 4 is 21.6 Å². The van der Waals surface area contributed by atoms with Crippen LogP contribution in [0.1, 0.15) is 11.4 Å². The average Bonchev–Trinajstić information content (AvgIpc) is 3.20. The van der Waals surface area contributed by atoms with Crippen LogP contribution < -0.4 is 0 Å². The van der Waals surface area contributed by atoms with Crippen molar-refractivity contribution in [2.24, 2.45) is 7.05 Å². The largest absolute Gasteiger partial charge is 0.333 e. The number of rotatable bonds is 3. The molecule has 0 fully saturated rings. The second kappa shape index (κ2) is 5.69. The molecule has 6 nitrogen and oxygen atoms in total. The van der Waals surface area contributed by atoms with Crippen LogP contribution >= 0.6 is 15.9 Å². The highest BCUT2D eigenvalue weighted by molar-refractivity contribution is 9.10. The van der Waals surface area contributed by atoms with E-state index in [4.69, 9.17) is 0 Å². The smallest absolute Gasteiger partial charge is 0.275 e. The van der Waals surface area contributed by atoms with Crippen LogP contribution in [0.4, 0.5) is 8.78 Å². The molecular formula is C16H11BrF2N6. The van der Waals surface area contributed by atoms with Crippen molar-refractivity contribution in [3.05, 3.63) is 64.7 Å². The zero-order valence-corrected chi connectivity index (χ0v) is 14.5. The molecule has 25 heavy (non-hydrogen) atoms. The van der Waals surface area contributed by atoms with Crippen molar-refractivity contribution in [2.45, 2.75) is 5.92 Å². The maximum Gasteiger partial charge on any atom is 0.333 e. The third-order valence-electron chi connectivity index (χ3n) is 3.73. The van der Waals surface area contributed by atoms with E-state index in [1.807, 2.05) is 0 Å². The molecule has 0 aliphatic rings. The fourth-order valence-corrected chi connectivity index (χ4v) is 2.90. The SMILES string of the molecule is Cn1cc(-c2ccc3nnc(C(F)(F)c4cccc(Br)c4)n3n2)cn1. The normalized spacial score (nSPS) is 12.0. The molecule has 0 unspecified atom stereocenters. The van der Waals surface area contributed by atoms with Crippen molar-refractivity contribution in [2.75, 3.05) is 0 Å². The van der Waals surface area contributed by atoms with Gasteiger partial charge in [0.1, 0.15) is 0 Å². The first-order chi connectivity index (χ1) is 11.9. The molecule has 4 aromatic rings. The molecule has 0 amide bonds. The quantitative estimate of drug-likeness (QED) is 0.524. The summed E-state index contributed by atoms with van der Waals surface area (Å²) in [4.78, 5) is 0. The van der Waals surface area contributed by atoms with Gasteiger partial charge in [-0.1, -0.05) is 28.1 Å². The van der Waals surface area contributed by atoms with Crippen molar-refractivity contribution in [1.82, 2.24) is 29.6 Å². The number of aryl methyl sites for hydroxylation is 1. The lowest BCUT2D eigenvalue weighted by atomic mass is 10.1. The highest BCUT2D eigenvalue weighted by Crippen LogP contribution is 2.35. The molecule has 126 valence electrons. The number of benzene rings is 1. The lowest BCUT2D eigenvalue weighted by Gasteiger charge is -2.14. The van der Waals surface area contributed by atoms with Gasteiger partial charge in [-0.2, -0.15) is 23.5 Å². The molecule has 9 heteroatoms. The molecule has 0 N–H and O–H groups in total. The monoisotopic (exact) mass is 404 g/mol. The van der Waals surface area contributed by atoms with Crippen molar-refractivity contribution < 1.29 is 8.78 Å². The van der Waals surface area contributed by atoms with Gasteiger partial charge in [0.15, 0.2) is 5.65 Å². The lowest BCUT2D eigenvalue weighted by Crippen LogP contribution is -2.20. The minimum Gasteiger partial charge on any atom is -0.275 e. The first kappa shape index (κ1) is 15.8. The number of hydrogen-bond donors (Lipinski definition) is 0. The third-order valence-corrected chi connectivity index (χ3v) is 4.22. The summed E-state index contributed by atoms with van der Waals surface area (Å²) in [5, 5.41) is 15.8. The molecule has 0 bridgehead atoms. The molecular weight excluding hydrogens is 394 g/mol. The zero-order valence-electron chi connectivity index (χ0n) is 12.9. The Balaban J connectivity index is 1.87. The fraction of sp³-hybridized carbons (Fsp3) is 0.125. The van der Waals surface area contributed by atoms with Crippen LogP contribution in [0.15, 0.2) is 53.3 Å². The summed E-state index contributed by atoms with van der Waals surface area (Å²) in [6, 6.07) is 9.22. The summed E-state index contributed by atoms with van der Waals surface area (Å²) in [5.41, 5.74) is 1.28. The van der Waals surface area contributed by atoms with E-state index in [0.29, 0.717) is 10.2 Å². The number of aromatic nitrogens is 6. The highest BCUT2D eigenvalue weighted by Gasteiger charge is 2.40. The van der Waals surface area contributed by atoms with E-state index in [1.165, 1.54) is 12.1 Å². The Hall–Kier alpha value is -2.68. The van der Waals surface area contributed by atoms with Crippen LogP contribution in [0.3, 0.4) is 0 Å².